The van der Waals surface area contributed by atoms with Gasteiger partial charge in [0.2, 0.25) is 5.78 Å². The van der Waals surface area contributed by atoms with Crippen LogP contribution in [0.5, 0.6) is 17.2 Å². The maximum atomic E-state index is 13.6. The second-order valence-electron chi connectivity index (χ2n) is 8.48. The maximum Gasteiger partial charge on any atom is 0.296 e. The molecule has 196 valence electrons. The van der Waals surface area contributed by atoms with Gasteiger partial charge in [0.15, 0.2) is 28.1 Å². The van der Waals surface area contributed by atoms with Crippen molar-refractivity contribution >= 4 is 38.4 Å². The van der Waals surface area contributed by atoms with Crippen molar-refractivity contribution in [2.45, 2.75) is 26.8 Å². The predicted octanol–water partition coefficient (Wildman–Crippen LogP) is 5.79. The van der Waals surface area contributed by atoms with Crippen molar-refractivity contribution in [1.29, 1.82) is 0 Å². The summed E-state index contributed by atoms with van der Waals surface area (Å²) in [6.45, 7) is 6.25. The summed E-state index contributed by atoms with van der Waals surface area (Å²) >= 11 is 1.25. The van der Waals surface area contributed by atoms with Crippen LogP contribution in [0.25, 0.3) is 10.2 Å². The van der Waals surface area contributed by atoms with Gasteiger partial charge in [-0.3, -0.25) is 14.5 Å². The van der Waals surface area contributed by atoms with Crippen LogP contribution >= 0.6 is 11.3 Å². The second-order valence-corrected chi connectivity index (χ2v) is 9.49. The lowest BCUT2D eigenvalue weighted by atomic mass is 9.95. The van der Waals surface area contributed by atoms with E-state index in [9.17, 15) is 14.7 Å². The van der Waals surface area contributed by atoms with Gasteiger partial charge in [0.1, 0.15) is 11.5 Å². The van der Waals surface area contributed by atoms with Crippen molar-refractivity contribution in [3.63, 3.8) is 0 Å². The Bertz CT molecular complexity index is 1570. The van der Waals surface area contributed by atoms with Gasteiger partial charge in [-0.2, -0.15) is 0 Å². The number of aliphatic hydroxyl groups is 1. The number of thiazole rings is 1. The van der Waals surface area contributed by atoms with Crippen molar-refractivity contribution in [1.82, 2.24) is 4.98 Å². The summed E-state index contributed by atoms with van der Waals surface area (Å²) < 4.78 is 23.2. The molecule has 10 heteroatoms. The van der Waals surface area contributed by atoms with Crippen molar-refractivity contribution in [3.8, 4) is 17.2 Å². The zero-order valence-corrected chi connectivity index (χ0v) is 22.1. The highest BCUT2D eigenvalue weighted by atomic mass is 32.1. The van der Waals surface area contributed by atoms with Gasteiger partial charge in [-0.25, -0.2) is 4.98 Å². The number of carbonyl (C=O) groups is 2. The molecule has 0 spiro atoms. The van der Waals surface area contributed by atoms with Gasteiger partial charge < -0.3 is 23.7 Å². The van der Waals surface area contributed by atoms with E-state index >= 15 is 0 Å². The molecule has 2 aromatic carbocycles. The highest BCUT2D eigenvalue weighted by Gasteiger charge is 2.46. The van der Waals surface area contributed by atoms with E-state index < -0.39 is 23.5 Å². The lowest BCUT2D eigenvalue weighted by Crippen LogP contribution is -2.31. The van der Waals surface area contributed by atoms with Gasteiger partial charge in [-0.15, -0.1) is 0 Å². The normalized spacial score (nSPS) is 15.4. The molecular formula is C28H26N2O7S. The van der Waals surface area contributed by atoms with Crippen molar-refractivity contribution in [3.05, 3.63) is 76.9 Å². The third-order valence-electron chi connectivity index (χ3n) is 6.09. The van der Waals surface area contributed by atoms with Crippen molar-refractivity contribution in [2.24, 2.45) is 0 Å². The number of nitrogens with zero attached hydrogens (tertiary/aromatic N) is 2. The number of fused-ring (bicyclic) bond motifs is 1. The Morgan fingerprint density at radius 1 is 1.08 bits per heavy atom. The van der Waals surface area contributed by atoms with Crippen molar-refractivity contribution in [2.75, 3.05) is 25.2 Å². The molecule has 1 aliphatic heterocycles. The van der Waals surface area contributed by atoms with Crippen LogP contribution in [0, 0.1) is 6.92 Å². The van der Waals surface area contributed by atoms with Crippen molar-refractivity contribution < 1.29 is 33.3 Å². The van der Waals surface area contributed by atoms with Crippen LogP contribution in [-0.2, 0) is 4.79 Å². The Hall–Kier alpha value is -4.31. The SMILES string of the molecule is CCOc1ccc(C2C(C(=O)c3ccc(C)o3)=C(O)C(=O)N2c2nc3ccc(OC)cc3s2)cc1OCC. The van der Waals surface area contributed by atoms with Gasteiger partial charge in [0.25, 0.3) is 5.91 Å². The highest BCUT2D eigenvalue weighted by molar-refractivity contribution is 7.22. The number of methoxy groups -OCH3 is 1. The molecule has 1 amide bonds. The molecule has 38 heavy (non-hydrogen) atoms. The van der Waals surface area contributed by atoms with Crippen LogP contribution in [0.15, 0.2) is 64.3 Å². The molecule has 2 aromatic heterocycles. The Morgan fingerprint density at radius 3 is 2.53 bits per heavy atom. The summed E-state index contributed by atoms with van der Waals surface area (Å²) in [6, 6.07) is 12.8. The first-order chi connectivity index (χ1) is 18.4. The fourth-order valence-electron chi connectivity index (χ4n) is 4.40. The number of aromatic nitrogens is 1. The molecular weight excluding hydrogens is 508 g/mol. The third-order valence-corrected chi connectivity index (χ3v) is 7.11. The summed E-state index contributed by atoms with van der Waals surface area (Å²) in [7, 11) is 1.57. The van der Waals surface area contributed by atoms with Crippen LogP contribution in [-0.4, -0.2) is 42.1 Å². The van der Waals surface area contributed by atoms with Gasteiger partial charge in [0.05, 0.1) is 42.2 Å². The summed E-state index contributed by atoms with van der Waals surface area (Å²) in [5, 5.41) is 11.4. The lowest BCUT2D eigenvalue weighted by Gasteiger charge is -2.25. The van der Waals surface area contributed by atoms with E-state index in [1.807, 2.05) is 19.9 Å². The molecule has 0 radical (unpaired) electrons. The minimum absolute atomic E-state index is 0.0219. The molecule has 0 fully saturated rings. The number of rotatable bonds is 9. The largest absolute Gasteiger partial charge is 0.503 e. The number of carbonyl (C=O) groups excluding carboxylic acids is 2. The molecule has 1 unspecified atom stereocenters. The molecule has 1 N–H and O–H groups in total. The molecule has 5 rings (SSSR count). The summed E-state index contributed by atoms with van der Waals surface area (Å²) in [5.41, 5.74) is 1.09. The number of hydrogen-bond acceptors (Lipinski definition) is 9. The van der Waals surface area contributed by atoms with Crippen LogP contribution in [0.3, 0.4) is 0 Å². The van der Waals surface area contributed by atoms with E-state index in [-0.39, 0.29) is 11.3 Å². The topological polar surface area (TPSA) is 111 Å². The first-order valence-electron chi connectivity index (χ1n) is 12.1. The fourth-order valence-corrected chi connectivity index (χ4v) is 5.42. The minimum atomic E-state index is -0.988. The maximum absolute atomic E-state index is 13.6. The molecule has 0 aliphatic carbocycles. The minimum Gasteiger partial charge on any atom is -0.503 e. The van der Waals surface area contributed by atoms with Crippen LogP contribution in [0.2, 0.25) is 0 Å². The smallest absolute Gasteiger partial charge is 0.296 e. The number of aliphatic hydroxyl groups excluding tert-OH is 1. The first kappa shape index (κ1) is 25.3. The average Bonchev–Trinajstić information content (AvgIpc) is 3.60. The second kappa shape index (κ2) is 10.2. The number of aryl methyl sites for hydroxylation is 1. The van der Waals surface area contributed by atoms with E-state index in [0.717, 1.165) is 4.70 Å². The van der Waals surface area contributed by atoms with Crippen LogP contribution < -0.4 is 19.1 Å². The number of amides is 1. The van der Waals surface area contributed by atoms with Crippen LogP contribution in [0.1, 0.15) is 41.8 Å². The monoisotopic (exact) mass is 534 g/mol. The summed E-state index contributed by atoms with van der Waals surface area (Å²) in [4.78, 5) is 33.2. The number of anilines is 1. The number of ketones is 1. The zero-order chi connectivity index (χ0) is 27.0. The molecule has 3 heterocycles. The lowest BCUT2D eigenvalue weighted by molar-refractivity contribution is -0.117. The number of furan rings is 1. The number of Topliss-reactive ketones (excluding diaryl/α,β-unsaturated/α-hetero) is 1. The molecule has 1 aliphatic rings. The number of ether oxygens (including phenoxy) is 3. The Balaban J connectivity index is 1.68. The van der Waals surface area contributed by atoms with Gasteiger partial charge >= 0.3 is 0 Å². The number of hydrogen-bond donors (Lipinski definition) is 1. The van der Waals surface area contributed by atoms with E-state index in [2.05, 4.69) is 4.98 Å². The standard InChI is InChI=1S/C28H26N2O7S/c1-5-35-19-12-8-16(13-21(19)36-6-2)24-23(25(31)20-11-7-15(3)37-20)26(32)27(33)30(24)28-29-18-10-9-17(34-4)14-22(18)38-28/h7-14,24,32H,5-6H2,1-4H3. The Kier molecular flexibility index (Phi) is 6.81. The van der Waals surface area contributed by atoms with Gasteiger partial charge in [-0.1, -0.05) is 17.4 Å². The molecule has 0 saturated heterocycles. The molecule has 4 aromatic rings. The highest BCUT2D eigenvalue weighted by Crippen LogP contribution is 2.46. The fraction of sp³-hybridized carbons (Fsp3) is 0.250. The van der Waals surface area contributed by atoms with E-state index in [1.54, 1.807) is 50.4 Å². The van der Waals surface area contributed by atoms with E-state index in [0.29, 0.717) is 52.4 Å². The predicted molar refractivity (Wildman–Crippen MR) is 143 cm³/mol. The Labute approximate surface area is 222 Å². The molecule has 0 bridgehead atoms. The Morgan fingerprint density at radius 2 is 1.84 bits per heavy atom. The average molecular weight is 535 g/mol. The van der Waals surface area contributed by atoms with Gasteiger partial charge in [0, 0.05) is 0 Å². The van der Waals surface area contributed by atoms with Gasteiger partial charge in [-0.05, 0) is 68.8 Å². The third kappa shape index (κ3) is 4.37. The first-order valence-corrected chi connectivity index (χ1v) is 12.9. The van der Waals surface area contributed by atoms with Crippen LogP contribution in [0.4, 0.5) is 5.13 Å². The molecule has 1 atom stereocenters. The number of benzene rings is 2. The molecule has 9 nitrogen and oxygen atoms in total. The van der Waals surface area contributed by atoms with E-state index in [4.69, 9.17) is 18.6 Å². The molecule has 0 saturated carbocycles. The summed E-state index contributed by atoms with van der Waals surface area (Å²) in [5.74, 6) is 0.210. The van der Waals surface area contributed by atoms with E-state index in [1.165, 1.54) is 22.3 Å². The summed E-state index contributed by atoms with van der Waals surface area (Å²) in [6.07, 6.45) is 0. The zero-order valence-electron chi connectivity index (χ0n) is 21.3. The quantitative estimate of drug-likeness (QED) is 0.269.